The van der Waals surface area contributed by atoms with Crippen LogP contribution >= 0.6 is 0 Å². The molecular formula is C57H72N6O8. The van der Waals surface area contributed by atoms with Gasteiger partial charge in [-0.15, -0.1) is 0 Å². The van der Waals surface area contributed by atoms with E-state index >= 15 is 0 Å². The number of carbonyl (C=O) groups is 4. The lowest BCUT2D eigenvalue weighted by molar-refractivity contribution is -0.142. The Morgan fingerprint density at radius 3 is 1.27 bits per heavy atom. The second-order valence-corrected chi connectivity index (χ2v) is 18.3. The van der Waals surface area contributed by atoms with Gasteiger partial charge in [0.15, 0.2) is 0 Å². The average molecular weight is 969 g/mol. The number of carboxylic acids is 1. The van der Waals surface area contributed by atoms with Crippen molar-refractivity contribution >= 4 is 23.8 Å². The molecule has 0 saturated heterocycles. The maximum absolute atomic E-state index is 13.5. The summed E-state index contributed by atoms with van der Waals surface area (Å²) in [6, 6.07) is 19.5. The standard InChI is InChI=1S/C28H33N3O4.C27H31N3O4.2CH4/c1-17(2)27(31-11-10-18(3)12-24(31)32)28(34)30-23(14-25(33)35-6)21-13-22(16-29-15-21)26-19(4)8-7-9-20(26)5;1-16(2)26(30-10-9-17(3)11-23(30)31)27(34)29-22(13-24(32)33)20-12-21(15-28-14-20)25-18(4)7-6-8-19(25)5;;/h7-13,15-17,23,27H,14H2,1-6H3,(H,30,34);6-12,14-16,22,26H,13H2,1-5H3,(H,29,34)(H,32,33);2*1H4/t23-,27?;22-,26?;;/m00../s1. The van der Waals surface area contributed by atoms with Crippen molar-refractivity contribution in [2.75, 3.05) is 7.11 Å². The van der Waals surface area contributed by atoms with E-state index in [1.165, 1.54) is 28.4 Å². The molecule has 0 aliphatic rings. The lowest BCUT2D eigenvalue weighted by Gasteiger charge is -2.26. The van der Waals surface area contributed by atoms with Gasteiger partial charge in [0, 0.05) is 60.4 Å². The average Bonchev–Trinajstić information content (AvgIpc) is 3.27. The zero-order valence-electron chi connectivity index (χ0n) is 41.4. The molecule has 14 heteroatoms. The van der Waals surface area contributed by atoms with Crippen LogP contribution in [0.5, 0.6) is 0 Å². The highest BCUT2D eigenvalue weighted by atomic mass is 16.5. The van der Waals surface area contributed by atoms with Crippen LogP contribution in [0.4, 0.5) is 0 Å². The molecule has 2 amide bonds. The van der Waals surface area contributed by atoms with Crippen LogP contribution in [0.25, 0.3) is 22.3 Å². The maximum atomic E-state index is 13.5. The Balaban J connectivity index is 0.000000365. The van der Waals surface area contributed by atoms with Crippen LogP contribution in [0.15, 0.2) is 120 Å². The Morgan fingerprint density at radius 2 is 0.944 bits per heavy atom. The summed E-state index contributed by atoms with van der Waals surface area (Å²) in [4.78, 5) is 84.7. The number of aliphatic carboxylic acids is 1. The predicted octanol–water partition coefficient (Wildman–Crippen LogP) is 10.1. The molecule has 4 atom stereocenters. The lowest BCUT2D eigenvalue weighted by atomic mass is 9.94. The molecule has 6 aromatic rings. The number of methoxy groups -OCH3 is 1. The summed E-state index contributed by atoms with van der Waals surface area (Å²) in [6.45, 7) is 19.2. The molecule has 2 aromatic carbocycles. The minimum atomic E-state index is -1.05. The van der Waals surface area contributed by atoms with Crippen molar-refractivity contribution in [3.8, 4) is 22.3 Å². The summed E-state index contributed by atoms with van der Waals surface area (Å²) >= 11 is 0. The number of carboxylic acid groups (broad SMARTS) is 1. The molecule has 6 rings (SSSR count). The summed E-state index contributed by atoms with van der Waals surface area (Å²) < 4.78 is 7.73. The molecule has 0 aliphatic carbocycles. The van der Waals surface area contributed by atoms with Crippen molar-refractivity contribution in [3.05, 3.63) is 175 Å². The molecule has 0 spiro atoms. The third kappa shape index (κ3) is 14.8. The number of esters is 1. The van der Waals surface area contributed by atoms with Gasteiger partial charge in [0.2, 0.25) is 11.8 Å². The number of aromatic nitrogens is 4. The third-order valence-electron chi connectivity index (χ3n) is 12.1. The number of hydrogen-bond acceptors (Lipinski definition) is 9. The van der Waals surface area contributed by atoms with Gasteiger partial charge in [0.1, 0.15) is 12.1 Å². The summed E-state index contributed by atoms with van der Waals surface area (Å²) in [6.07, 6.45) is 9.61. The molecule has 0 aliphatic heterocycles. The van der Waals surface area contributed by atoms with Crippen LogP contribution in [0.1, 0.15) is 124 Å². The van der Waals surface area contributed by atoms with Crippen LogP contribution in [0.2, 0.25) is 0 Å². The molecule has 4 aromatic heterocycles. The zero-order chi connectivity index (χ0) is 50.7. The van der Waals surface area contributed by atoms with Crippen molar-refractivity contribution < 1.29 is 29.0 Å². The highest BCUT2D eigenvalue weighted by Gasteiger charge is 2.30. The molecule has 4 heterocycles. The summed E-state index contributed by atoms with van der Waals surface area (Å²) in [5.41, 5.74) is 10.6. The van der Waals surface area contributed by atoms with Crippen molar-refractivity contribution in [3.63, 3.8) is 0 Å². The summed E-state index contributed by atoms with van der Waals surface area (Å²) in [7, 11) is 1.31. The van der Waals surface area contributed by atoms with Gasteiger partial charge >= 0.3 is 11.9 Å². The first-order valence-electron chi connectivity index (χ1n) is 23.0. The number of amides is 2. The SMILES string of the molecule is C.C.COC(=O)C[C@H](NC(=O)C(C(C)C)n1ccc(C)cc1=O)c1cncc(-c2c(C)cccc2C)c1.Cc1ccn(C(C(=O)N[C@@H](CC(=O)O)c2cncc(-c3c(C)cccc3C)c2)C(C)C)c(=O)c1. The Bertz CT molecular complexity index is 2900. The molecule has 0 fully saturated rings. The Hall–Kier alpha value is -7.48. The lowest BCUT2D eigenvalue weighted by Crippen LogP contribution is -2.41. The topological polar surface area (TPSA) is 192 Å². The maximum Gasteiger partial charge on any atom is 0.307 e. The molecule has 2 unspecified atom stereocenters. The van der Waals surface area contributed by atoms with E-state index < -0.39 is 42.0 Å². The van der Waals surface area contributed by atoms with E-state index in [2.05, 4.69) is 20.6 Å². The molecule has 0 radical (unpaired) electrons. The summed E-state index contributed by atoms with van der Waals surface area (Å²) in [5, 5.41) is 15.4. The van der Waals surface area contributed by atoms with Gasteiger partial charge in [-0.25, -0.2) is 0 Å². The highest BCUT2D eigenvalue weighted by Crippen LogP contribution is 2.32. The van der Waals surface area contributed by atoms with Crippen LogP contribution < -0.4 is 21.8 Å². The fourth-order valence-electron chi connectivity index (χ4n) is 8.69. The number of carbonyl (C=O) groups excluding carboxylic acids is 3. The van der Waals surface area contributed by atoms with Crippen LogP contribution in [-0.2, 0) is 23.9 Å². The van der Waals surface area contributed by atoms with Gasteiger partial charge in [-0.2, -0.15) is 0 Å². The molecule has 3 N–H and O–H groups in total. The van der Waals surface area contributed by atoms with E-state index in [4.69, 9.17) is 4.74 Å². The number of ether oxygens (including phenoxy) is 1. The van der Waals surface area contributed by atoms with E-state index in [1.807, 2.05) is 118 Å². The van der Waals surface area contributed by atoms with Crippen molar-refractivity contribution in [2.45, 2.75) is 121 Å². The van der Waals surface area contributed by atoms with E-state index in [0.29, 0.717) is 11.1 Å². The number of pyridine rings is 4. The second-order valence-electron chi connectivity index (χ2n) is 18.3. The fraction of sp³-hybridized carbons (Fsp3) is 0.368. The smallest absolute Gasteiger partial charge is 0.307 e. The highest BCUT2D eigenvalue weighted by molar-refractivity contribution is 5.83. The normalized spacial score (nSPS) is 12.5. The first-order chi connectivity index (χ1) is 32.7. The Labute approximate surface area is 418 Å². The summed E-state index contributed by atoms with van der Waals surface area (Å²) in [5.74, 6) is -2.61. The Morgan fingerprint density at radius 1 is 0.577 bits per heavy atom. The zero-order valence-corrected chi connectivity index (χ0v) is 41.4. The minimum absolute atomic E-state index is 0. The van der Waals surface area contributed by atoms with Crippen LogP contribution in [0, 0.1) is 53.4 Å². The van der Waals surface area contributed by atoms with Gasteiger partial charge in [0.05, 0.1) is 32.0 Å². The second kappa shape index (κ2) is 25.9. The van der Waals surface area contributed by atoms with Gasteiger partial charge < -0.3 is 29.6 Å². The molecular weight excluding hydrogens is 897 g/mol. The van der Waals surface area contributed by atoms with Gasteiger partial charge in [-0.1, -0.05) is 78.9 Å². The third-order valence-corrected chi connectivity index (χ3v) is 12.1. The number of benzene rings is 2. The number of nitrogens with one attached hydrogen (secondary N) is 2. The van der Waals surface area contributed by atoms with Crippen molar-refractivity contribution in [2.24, 2.45) is 11.8 Å². The fourth-order valence-corrected chi connectivity index (χ4v) is 8.69. The van der Waals surface area contributed by atoms with Crippen molar-refractivity contribution in [1.82, 2.24) is 29.7 Å². The van der Waals surface area contributed by atoms with E-state index in [-0.39, 0.29) is 56.6 Å². The van der Waals surface area contributed by atoms with Gasteiger partial charge in [-0.05, 0) is 133 Å². The van der Waals surface area contributed by atoms with Gasteiger partial charge in [0.25, 0.3) is 11.1 Å². The quantitative estimate of drug-likeness (QED) is 0.0787. The number of hydrogen-bond donors (Lipinski definition) is 3. The molecule has 0 saturated carbocycles. The van der Waals surface area contributed by atoms with E-state index in [1.54, 1.807) is 49.3 Å². The first kappa shape index (κ1) is 57.8. The molecule has 378 valence electrons. The van der Waals surface area contributed by atoms with E-state index in [0.717, 1.165) is 55.6 Å². The minimum Gasteiger partial charge on any atom is -0.481 e. The van der Waals surface area contributed by atoms with Crippen LogP contribution in [0.3, 0.4) is 0 Å². The number of aryl methyl sites for hydroxylation is 6. The Kier molecular flexibility index (Phi) is 21.1. The predicted molar refractivity (Wildman–Crippen MR) is 281 cm³/mol. The number of rotatable bonds is 16. The van der Waals surface area contributed by atoms with Crippen molar-refractivity contribution in [1.29, 1.82) is 0 Å². The van der Waals surface area contributed by atoms with Crippen LogP contribution in [-0.4, -0.2) is 55.1 Å². The monoisotopic (exact) mass is 969 g/mol. The molecule has 0 bridgehead atoms. The number of nitrogens with zero attached hydrogens (tertiary/aromatic N) is 4. The van der Waals surface area contributed by atoms with E-state index in [9.17, 15) is 33.9 Å². The first-order valence-corrected chi connectivity index (χ1v) is 23.0. The molecule has 14 nitrogen and oxygen atoms in total. The molecule has 71 heavy (non-hydrogen) atoms. The largest absolute Gasteiger partial charge is 0.481 e. The van der Waals surface area contributed by atoms with Gasteiger partial charge in [-0.3, -0.25) is 38.7 Å².